The van der Waals surface area contributed by atoms with Gasteiger partial charge in [0.2, 0.25) is 0 Å². The van der Waals surface area contributed by atoms with Crippen LogP contribution in [0.4, 0.5) is 0 Å². The van der Waals surface area contributed by atoms with Crippen LogP contribution < -0.4 is 10.1 Å². The fourth-order valence-electron chi connectivity index (χ4n) is 4.36. The number of hydrogen-bond acceptors (Lipinski definition) is 3. The lowest BCUT2D eigenvalue weighted by molar-refractivity contribution is 0.0885. The van der Waals surface area contributed by atoms with E-state index in [9.17, 15) is 4.79 Å². The fraction of sp³-hybridized carbons (Fsp3) is 0.200. The van der Waals surface area contributed by atoms with Crippen molar-refractivity contribution < 1.29 is 9.53 Å². The lowest BCUT2D eigenvalue weighted by Gasteiger charge is -2.39. The zero-order chi connectivity index (χ0) is 20.7. The molecule has 1 amide bonds. The van der Waals surface area contributed by atoms with Gasteiger partial charge in [0, 0.05) is 36.8 Å². The number of nitrogens with one attached hydrogen (secondary N) is 1. The van der Waals surface area contributed by atoms with E-state index in [4.69, 9.17) is 4.74 Å². The lowest BCUT2D eigenvalue weighted by atomic mass is 9.81. The highest BCUT2D eigenvalue weighted by atomic mass is 16.5. The number of aromatic nitrogens is 2. The van der Waals surface area contributed by atoms with E-state index in [0.717, 1.165) is 22.2 Å². The molecule has 4 aromatic rings. The van der Waals surface area contributed by atoms with Gasteiger partial charge in [-0.1, -0.05) is 48.0 Å². The molecule has 0 aliphatic carbocycles. The summed E-state index contributed by atoms with van der Waals surface area (Å²) in [6.45, 7) is 2.56. The number of aryl methyl sites for hydroxylation is 2. The van der Waals surface area contributed by atoms with Crippen molar-refractivity contribution in [2.75, 3.05) is 6.61 Å². The maximum Gasteiger partial charge on any atom is 0.254 e. The predicted molar refractivity (Wildman–Crippen MR) is 117 cm³/mol. The maximum absolute atomic E-state index is 13.6. The van der Waals surface area contributed by atoms with Crippen molar-refractivity contribution >= 4 is 16.8 Å². The molecule has 0 saturated carbocycles. The highest BCUT2D eigenvalue weighted by molar-refractivity contribution is 6.07. The maximum atomic E-state index is 13.6. The molecule has 5 rings (SSSR count). The molecule has 0 radical (unpaired) electrons. The minimum Gasteiger partial charge on any atom is -0.491 e. The number of ether oxygens (including phenoxy) is 1. The molecule has 0 fully saturated rings. The number of benzene rings is 2. The van der Waals surface area contributed by atoms with E-state index >= 15 is 0 Å². The van der Waals surface area contributed by atoms with Crippen molar-refractivity contribution in [2.45, 2.75) is 18.9 Å². The van der Waals surface area contributed by atoms with Gasteiger partial charge in [-0.15, -0.1) is 0 Å². The Bertz CT molecular complexity index is 1240. The summed E-state index contributed by atoms with van der Waals surface area (Å²) < 4.78 is 7.85. The summed E-state index contributed by atoms with van der Waals surface area (Å²) in [6.07, 6.45) is 4.25. The lowest BCUT2D eigenvalue weighted by Crippen LogP contribution is -2.50. The number of rotatable bonds is 3. The van der Waals surface area contributed by atoms with Crippen LogP contribution >= 0.6 is 0 Å². The van der Waals surface area contributed by atoms with Crippen molar-refractivity contribution in [1.82, 2.24) is 14.9 Å². The molecule has 0 saturated heterocycles. The number of nitrogens with zero attached hydrogens (tertiary/aromatic N) is 2. The molecule has 30 heavy (non-hydrogen) atoms. The molecule has 1 aliphatic heterocycles. The Morgan fingerprint density at radius 3 is 2.73 bits per heavy atom. The van der Waals surface area contributed by atoms with Gasteiger partial charge < -0.3 is 14.6 Å². The first-order valence-electron chi connectivity index (χ1n) is 10.1. The second-order valence-corrected chi connectivity index (χ2v) is 7.84. The van der Waals surface area contributed by atoms with Gasteiger partial charge in [-0.2, -0.15) is 0 Å². The standard InChI is InChI=1S/C25H23N3O2/c1-17-9-11-18(12-10-17)25(13-15-30-22-8-5-14-26-23(22)25)27-24(29)20-16-28(2)21-7-4-3-6-19(20)21/h3-12,14,16H,13,15H2,1-2H3,(H,27,29)/t25-/m0/s1. The van der Waals surface area contributed by atoms with E-state index in [1.54, 1.807) is 6.20 Å². The predicted octanol–water partition coefficient (Wildman–Crippen LogP) is 4.34. The van der Waals surface area contributed by atoms with Gasteiger partial charge in [0.15, 0.2) is 0 Å². The fourth-order valence-corrected chi connectivity index (χ4v) is 4.36. The molecular formula is C25H23N3O2. The summed E-state index contributed by atoms with van der Waals surface area (Å²) in [5.41, 5.74) is 3.85. The average Bonchev–Trinajstić information content (AvgIpc) is 3.11. The van der Waals surface area contributed by atoms with Gasteiger partial charge in [0.25, 0.3) is 5.91 Å². The summed E-state index contributed by atoms with van der Waals surface area (Å²) in [7, 11) is 1.96. The van der Waals surface area contributed by atoms with Gasteiger partial charge in [-0.3, -0.25) is 9.78 Å². The Morgan fingerprint density at radius 2 is 1.90 bits per heavy atom. The highest BCUT2D eigenvalue weighted by Gasteiger charge is 2.42. The van der Waals surface area contributed by atoms with E-state index in [1.165, 1.54) is 5.56 Å². The van der Waals surface area contributed by atoms with Crippen LogP contribution in [0.25, 0.3) is 10.9 Å². The van der Waals surface area contributed by atoms with E-state index in [-0.39, 0.29) is 5.91 Å². The van der Waals surface area contributed by atoms with Crippen LogP contribution in [0.15, 0.2) is 73.1 Å². The van der Waals surface area contributed by atoms with Crippen LogP contribution in [0.2, 0.25) is 0 Å². The molecule has 150 valence electrons. The minimum atomic E-state index is -0.753. The summed E-state index contributed by atoms with van der Waals surface area (Å²) in [4.78, 5) is 18.2. The topological polar surface area (TPSA) is 56.2 Å². The van der Waals surface area contributed by atoms with E-state index in [1.807, 2.05) is 54.2 Å². The van der Waals surface area contributed by atoms with Crippen molar-refractivity contribution in [3.05, 3.63) is 95.4 Å². The first-order valence-corrected chi connectivity index (χ1v) is 10.1. The number of hydrogen-bond donors (Lipinski definition) is 1. The Labute approximate surface area is 175 Å². The molecule has 2 aromatic heterocycles. The average molecular weight is 397 g/mol. The van der Waals surface area contributed by atoms with Crippen molar-refractivity contribution in [1.29, 1.82) is 0 Å². The second-order valence-electron chi connectivity index (χ2n) is 7.84. The van der Waals surface area contributed by atoms with Crippen LogP contribution in [0.1, 0.15) is 33.6 Å². The van der Waals surface area contributed by atoms with E-state index in [2.05, 4.69) is 41.5 Å². The molecule has 1 N–H and O–H groups in total. The monoisotopic (exact) mass is 397 g/mol. The number of carbonyl (C=O) groups excluding carboxylic acids is 1. The Hall–Kier alpha value is -3.60. The number of carbonyl (C=O) groups is 1. The molecule has 0 unspecified atom stereocenters. The van der Waals surface area contributed by atoms with Gasteiger partial charge in [-0.05, 0) is 30.7 Å². The molecule has 3 heterocycles. The highest BCUT2D eigenvalue weighted by Crippen LogP contribution is 2.41. The van der Waals surface area contributed by atoms with Crippen LogP contribution in [-0.4, -0.2) is 22.1 Å². The first-order chi connectivity index (χ1) is 14.6. The summed E-state index contributed by atoms with van der Waals surface area (Å²) in [5, 5.41) is 4.29. The number of para-hydroxylation sites is 1. The summed E-state index contributed by atoms with van der Waals surface area (Å²) >= 11 is 0. The van der Waals surface area contributed by atoms with Gasteiger partial charge in [-0.25, -0.2) is 0 Å². The minimum absolute atomic E-state index is 0.120. The summed E-state index contributed by atoms with van der Waals surface area (Å²) in [5.74, 6) is 0.591. The largest absolute Gasteiger partial charge is 0.491 e. The van der Waals surface area contributed by atoms with Crippen LogP contribution in [0, 0.1) is 6.92 Å². The SMILES string of the molecule is Cc1ccc([C@@]2(NC(=O)c3cn(C)c4ccccc34)CCOc3cccnc32)cc1. The first kappa shape index (κ1) is 18.4. The third kappa shape index (κ3) is 2.86. The third-order valence-corrected chi connectivity index (χ3v) is 5.92. The number of amides is 1. The van der Waals surface area contributed by atoms with Crippen molar-refractivity contribution in [3.63, 3.8) is 0 Å². The van der Waals surface area contributed by atoms with E-state index in [0.29, 0.717) is 24.3 Å². The normalized spacial score (nSPS) is 17.9. The quantitative estimate of drug-likeness (QED) is 0.560. The zero-order valence-corrected chi connectivity index (χ0v) is 17.1. The Kier molecular flexibility index (Phi) is 4.31. The smallest absolute Gasteiger partial charge is 0.254 e. The molecule has 5 heteroatoms. The van der Waals surface area contributed by atoms with Crippen molar-refractivity contribution in [2.24, 2.45) is 7.05 Å². The second kappa shape index (κ2) is 7.02. The summed E-state index contributed by atoms with van der Waals surface area (Å²) in [6, 6.07) is 20.0. The molecule has 0 bridgehead atoms. The molecule has 2 aromatic carbocycles. The van der Waals surface area contributed by atoms with E-state index < -0.39 is 5.54 Å². The molecule has 1 aliphatic rings. The van der Waals surface area contributed by atoms with Gasteiger partial charge in [0.05, 0.1) is 12.2 Å². The Morgan fingerprint density at radius 1 is 1.10 bits per heavy atom. The van der Waals surface area contributed by atoms with Gasteiger partial charge in [0.1, 0.15) is 17.0 Å². The zero-order valence-electron chi connectivity index (χ0n) is 17.1. The molecular weight excluding hydrogens is 374 g/mol. The van der Waals surface area contributed by atoms with Crippen molar-refractivity contribution in [3.8, 4) is 5.75 Å². The van der Waals surface area contributed by atoms with Crippen LogP contribution in [0.5, 0.6) is 5.75 Å². The molecule has 1 atom stereocenters. The van der Waals surface area contributed by atoms with Gasteiger partial charge >= 0.3 is 0 Å². The third-order valence-electron chi connectivity index (χ3n) is 5.92. The number of pyridine rings is 1. The van der Waals surface area contributed by atoms with Crippen LogP contribution in [-0.2, 0) is 12.6 Å². The molecule has 0 spiro atoms. The van der Waals surface area contributed by atoms with Crippen LogP contribution in [0.3, 0.4) is 0 Å². The number of fused-ring (bicyclic) bond motifs is 2. The Balaban J connectivity index is 1.65. The molecule has 5 nitrogen and oxygen atoms in total.